The molecule has 0 aliphatic carbocycles. The van der Waals surface area contributed by atoms with Gasteiger partial charge in [0.25, 0.3) is 5.91 Å². The standard InChI is InChI=1S/C20H26N6O4/c1-4-26(5-2)9-8-25(3)19-21-14(11-16-18(27)24-20(28)22-16)12-17(23-19)30-13-15-7-6-10-29-15/h6-7,10-12H,4-5,8-9,13H2,1-3H3,(H2,22,24,27,28)/b16-11-. The second-order valence-electron chi connectivity index (χ2n) is 6.71. The van der Waals surface area contributed by atoms with Crippen molar-refractivity contribution in [2.24, 2.45) is 0 Å². The first-order valence-electron chi connectivity index (χ1n) is 9.80. The maximum atomic E-state index is 11.9. The van der Waals surface area contributed by atoms with E-state index >= 15 is 0 Å². The average molecular weight is 414 g/mol. The Morgan fingerprint density at radius 3 is 2.60 bits per heavy atom. The molecule has 1 aliphatic heterocycles. The summed E-state index contributed by atoms with van der Waals surface area (Å²) in [6.45, 7) is 7.95. The number of imide groups is 1. The van der Waals surface area contributed by atoms with Gasteiger partial charge in [-0.05, 0) is 31.3 Å². The van der Waals surface area contributed by atoms with Crippen LogP contribution in [0.2, 0.25) is 0 Å². The van der Waals surface area contributed by atoms with E-state index in [1.165, 1.54) is 6.08 Å². The van der Waals surface area contributed by atoms with Gasteiger partial charge in [0.05, 0.1) is 12.0 Å². The van der Waals surface area contributed by atoms with Crippen LogP contribution in [-0.4, -0.2) is 60.0 Å². The minimum Gasteiger partial charge on any atom is -0.469 e. The molecule has 0 bridgehead atoms. The van der Waals surface area contributed by atoms with E-state index in [1.807, 2.05) is 11.9 Å². The number of nitrogens with one attached hydrogen (secondary N) is 2. The van der Waals surface area contributed by atoms with Crippen molar-refractivity contribution in [2.45, 2.75) is 20.5 Å². The van der Waals surface area contributed by atoms with Gasteiger partial charge in [-0.25, -0.2) is 9.78 Å². The Morgan fingerprint density at radius 2 is 1.97 bits per heavy atom. The molecule has 3 heterocycles. The SMILES string of the molecule is CCN(CC)CCN(C)c1nc(/C=C2\NC(=O)NC2=O)cc(OCc2ccco2)n1. The van der Waals surface area contributed by atoms with Gasteiger partial charge >= 0.3 is 6.03 Å². The van der Waals surface area contributed by atoms with E-state index in [4.69, 9.17) is 9.15 Å². The average Bonchev–Trinajstić information content (AvgIpc) is 3.36. The number of ether oxygens (including phenoxy) is 1. The zero-order chi connectivity index (χ0) is 21.5. The zero-order valence-electron chi connectivity index (χ0n) is 17.3. The molecule has 3 amide bonds. The molecule has 160 valence electrons. The summed E-state index contributed by atoms with van der Waals surface area (Å²) >= 11 is 0. The molecule has 0 atom stereocenters. The van der Waals surface area contributed by atoms with Crippen LogP contribution in [0.4, 0.5) is 10.7 Å². The van der Waals surface area contributed by atoms with Crippen molar-refractivity contribution >= 4 is 24.0 Å². The topological polar surface area (TPSA) is 113 Å². The number of hydrogen-bond acceptors (Lipinski definition) is 8. The van der Waals surface area contributed by atoms with Gasteiger partial charge in [0.1, 0.15) is 18.1 Å². The third-order valence-electron chi connectivity index (χ3n) is 4.65. The highest BCUT2D eigenvalue weighted by molar-refractivity contribution is 6.13. The summed E-state index contributed by atoms with van der Waals surface area (Å²) in [5.74, 6) is 0.943. The van der Waals surface area contributed by atoms with Crippen LogP contribution in [0.3, 0.4) is 0 Å². The van der Waals surface area contributed by atoms with E-state index in [1.54, 1.807) is 24.5 Å². The molecule has 0 unspecified atom stereocenters. The number of anilines is 1. The molecule has 2 aromatic rings. The minimum absolute atomic E-state index is 0.118. The van der Waals surface area contributed by atoms with Gasteiger partial charge in [0.15, 0.2) is 0 Å². The van der Waals surface area contributed by atoms with E-state index in [0.29, 0.717) is 23.3 Å². The number of rotatable bonds is 10. The fourth-order valence-electron chi connectivity index (χ4n) is 2.85. The van der Waals surface area contributed by atoms with E-state index in [0.717, 1.165) is 26.2 Å². The molecule has 1 fully saturated rings. The van der Waals surface area contributed by atoms with Crippen molar-refractivity contribution in [3.8, 4) is 5.88 Å². The summed E-state index contributed by atoms with van der Waals surface area (Å²) in [6.07, 6.45) is 3.06. The highest BCUT2D eigenvalue weighted by Gasteiger charge is 2.23. The number of amides is 3. The van der Waals surface area contributed by atoms with Crippen LogP contribution in [-0.2, 0) is 11.4 Å². The fraction of sp³-hybridized carbons (Fsp3) is 0.400. The van der Waals surface area contributed by atoms with E-state index in [2.05, 4.69) is 39.3 Å². The Bertz CT molecular complexity index is 908. The Morgan fingerprint density at radius 1 is 1.17 bits per heavy atom. The van der Waals surface area contributed by atoms with Crippen molar-refractivity contribution in [1.29, 1.82) is 0 Å². The molecule has 2 aromatic heterocycles. The predicted octanol–water partition coefficient (Wildman–Crippen LogP) is 1.61. The van der Waals surface area contributed by atoms with Crippen molar-refractivity contribution in [3.63, 3.8) is 0 Å². The van der Waals surface area contributed by atoms with Gasteiger partial charge in [-0.1, -0.05) is 13.8 Å². The van der Waals surface area contributed by atoms with Crippen LogP contribution < -0.4 is 20.3 Å². The number of likely N-dealkylation sites (N-methyl/N-ethyl adjacent to an activating group) is 2. The number of aromatic nitrogens is 2. The quantitative estimate of drug-likeness (QED) is 0.445. The molecule has 0 aromatic carbocycles. The van der Waals surface area contributed by atoms with Crippen molar-refractivity contribution in [3.05, 3.63) is 41.6 Å². The van der Waals surface area contributed by atoms with Crippen LogP contribution in [0.1, 0.15) is 25.3 Å². The molecule has 3 rings (SSSR count). The summed E-state index contributed by atoms with van der Waals surface area (Å²) < 4.78 is 11.1. The summed E-state index contributed by atoms with van der Waals surface area (Å²) in [6, 6.07) is 4.63. The van der Waals surface area contributed by atoms with E-state index in [9.17, 15) is 9.59 Å². The largest absolute Gasteiger partial charge is 0.469 e. The first-order valence-corrected chi connectivity index (χ1v) is 9.80. The predicted molar refractivity (Wildman–Crippen MR) is 111 cm³/mol. The molecular formula is C20H26N6O4. The first kappa shape index (κ1) is 21.3. The van der Waals surface area contributed by atoms with Gasteiger partial charge in [-0.2, -0.15) is 4.98 Å². The monoisotopic (exact) mass is 414 g/mol. The van der Waals surface area contributed by atoms with E-state index in [-0.39, 0.29) is 12.3 Å². The molecule has 0 saturated carbocycles. The third kappa shape index (κ3) is 5.57. The summed E-state index contributed by atoms with van der Waals surface area (Å²) in [7, 11) is 1.90. The van der Waals surface area contributed by atoms with Gasteiger partial charge in [0.2, 0.25) is 11.8 Å². The number of furan rings is 1. The smallest absolute Gasteiger partial charge is 0.326 e. The van der Waals surface area contributed by atoms with Crippen molar-refractivity contribution < 1.29 is 18.7 Å². The number of nitrogens with zero attached hydrogens (tertiary/aromatic N) is 4. The number of carbonyl (C=O) groups excluding carboxylic acids is 2. The second-order valence-corrected chi connectivity index (χ2v) is 6.71. The lowest BCUT2D eigenvalue weighted by molar-refractivity contribution is -0.115. The van der Waals surface area contributed by atoms with Gasteiger partial charge < -0.3 is 24.3 Å². The Labute approximate surface area is 174 Å². The minimum atomic E-state index is -0.564. The lowest BCUT2D eigenvalue weighted by atomic mass is 10.3. The molecule has 1 aliphatic rings. The number of hydrogen-bond donors (Lipinski definition) is 2. The lowest BCUT2D eigenvalue weighted by Gasteiger charge is -2.23. The van der Waals surface area contributed by atoms with Crippen LogP contribution in [0.15, 0.2) is 34.6 Å². The first-order chi connectivity index (χ1) is 14.5. The molecule has 30 heavy (non-hydrogen) atoms. The van der Waals surface area contributed by atoms with Crippen LogP contribution >= 0.6 is 0 Å². The lowest BCUT2D eigenvalue weighted by Crippen LogP contribution is -2.33. The Balaban J connectivity index is 1.82. The van der Waals surface area contributed by atoms with Gasteiger partial charge in [-0.3, -0.25) is 10.1 Å². The number of urea groups is 1. The van der Waals surface area contributed by atoms with Crippen molar-refractivity contribution in [1.82, 2.24) is 25.5 Å². The molecule has 10 nitrogen and oxygen atoms in total. The third-order valence-corrected chi connectivity index (χ3v) is 4.65. The fourth-order valence-corrected chi connectivity index (χ4v) is 2.85. The second kappa shape index (κ2) is 9.88. The highest BCUT2D eigenvalue weighted by atomic mass is 16.5. The van der Waals surface area contributed by atoms with E-state index < -0.39 is 11.9 Å². The molecule has 0 radical (unpaired) electrons. The zero-order valence-corrected chi connectivity index (χ0v) is 17.3. The molecule has 2 N–H and O–H groups in total. The van der Waals surface area contributed by atoms with Crippen LogP contribution in [0.25, 0.3) is 6.08 Å². The van der Waals surface area contributed by atoms with Crippen molar-refractivity contribution in [2.75, 3.05) is 38.1 Å². The maximum absolute atomic E-state index is 11.9. The molecule has 10 heteroatoms. The normalized spacial score (nSPS) is 14.9. The molecule has 1 saturated heterocycles. The van der Waals surface area contributed by atoms with Crippen LogP contribution in [0, 0.1) is 0 Å². The summed E-state index contributed by atoms with van der Waals surface area (Å²) in [4.78, 5) is 36.5. The van der Waals surface area contributed by atoms with Gasteiger partial charge in [-0.15, -0.1) is 0 Å². The Hall–Kier alpha value is -3.40. The highest BCUT2D eigenvalue weighted by Crippen LogP contribution is 2.19. The van der Waals surface area contributed by atoms with Crippen LogP contribution in [0.5, 0.6) is 5.88 Å². The van der Waals surface area contributed by atoms with Gasteiger partial charge in [0, 0.05) is 26.2 Å². The molecule has 0 spiro atoms. The summed E-state index contributed by atoms with van der Waals surface area (Å²) in [5, 5.41) is 4.62. The Kier molecular flexibility index (Phi) is 7.02. The summed E-state index contributed by atoms with van der Waals surface area (Å²) in [5.41, 5.74) is 0.559. The maximum Gasteiger partial charge on any atom is 0.326 e. The molecular weight excluding hydrogens is 388 g/mol. The number of carbonyl (C=O) groups is 2.